The zero-order valence-corrected chi connectivity index (χ0v) is 19.3. The Morgan fingerprint density at radius 2 is 0.739 bits per heavy atom. The predicted octanol–water partition coefficient (Wildman–Crippen LogP) is 7.27. The quantitative estimate of drug-likeness (QED) is 0.328. The second kappa shape index (κ2) is 10.1. The fourth-order valence-corrected chi connectivity index (χ4v) is 2.81. The van der Waals surface area contributed by atoms with Crippen LogP contribution < -0.4 is 0 Å². The molecule has 0 bridgehead atoms. The molecule has 0 fully saturated rings. The molecule has 2 aromatic carbocycles. The fourth-order valence-electron chi connectivity index (χ4n) is 2.81. The molecular weight excluding hydrogens is 359 g/mol. The molecule has 0 saturated carbocycles. The van der Waals surface area contributed by atoms with Crippen molar-refractivity contribution in [3.8, 4) is 0 Å². The van der Waals surface area contributed by atoms with Crippen LogP contribution in [-0.4, -0.2) is 0 Å². The zero-order valence-electron chi connectivity index (χ0n) is 16.3. The van der Waals surface area contributed by atoms with Crippen LogP contribution in [0.25, 0.3) is 0 Å². The molecule has 0 amide bonds. The van der Waals surface area contributed by atoms with Crippen LogP contribution in [-0.2, 0) is 17.0 Å². The first kappa shape index (κ1) is 23.0. The molecule has 0 atom stereocenters. The molecule has 0 aliphatic heterocycles. The van der Waals surface area contributed by atoms with E-state index in [0.717, 1.165) is 0 Å². The van der Waals surface area contributed by atoms with Crippen LogP contribution in [0.4, 0.5) is 0 Å². The standard InChI is InChI=1S/2C10H15.2ClH.Ti/c2*1-6-7(2)9(4)10(5)8(6)3;;;/h2*1-5H3;2*1H;/q-5;-1;;;+2/p-2. The maximum absolute atomic E-state index is 4.89. The summed E-state index contributed by atoms with van der Waals surface area (Å²) < 4.78 is 0. The van der Waals surface area contributed by atoms with E-state index in [1.807, 2.05) is 0 Å². The molecule has 0 heterocycles. The van der Waals surface area contributed by atoms with Gasteiger partial charge >= 0.3 is 35.6 Å². The van der Waals surface area contributed by atoms with Gasteiger partial charge in [-0.3, -0.25) is 0 Å². The maximum atomic E-state index is 4.89. The van der Waals surface area contributed by atoms with Crippen LogP contribution in [0.5, 0.6) is 0 Å². The van der Waals surface area contributed by atoms with Crippen molar-refractivity contribution >= 4 is 18.6 Å². The second-order valence-electron chi connectivity index (χ2n) is 6.32. The summed E-state index contributed by atoms with van der Waals surface area (Å²) in [6, 6.07) is 0. The summed E-state index contributed by atoms with van der Waals surface area (Å²) in [7, 11) is 9.78. The fraction of sp³-hybridized carbons (Fsp3) is 0.500. The van der Waals surface area contributed by atoms with E-state index in [1.54, 1.807) is 0 Å². The van der Waals surface area contributed by atoms with E-state index in [2.05, 4.69) is 69.2 Å². The summed E-state index contributed by atoms with van der Waals surface area (Å²) in [6.07, 6.45) is 0. The van der Waals surface area contributed by atoms with Crippen molar-refractivity contribution in [3.05, 3.63) is 55.6 Å². The van der Waals surface area contributed by atoms with Crippen molar-refractivity contribution in [3.63, 3.8) is 0 Å². The van der Waals surface area contributed by atoms with E-state index in [-0.39, 0.29) is 0 Å². The molecular formula is C20H30Cl2Ti-6. The van der Waals surface area contributed by atoms with E-state index >= 15 is 0 Å². The van der Waals surface area contributed by atoms with Gasteiger partial charge in [0, 0.05) is 0 Å². The zero-order chi connectivity index (χ0) is 18.5. The van der Waals surface area contributed by atoms with Gasteiger partial charge in [-0.05, 0) is 0 Å². The molecule has 0 nitrogen and oxygen atoms in total. The molecule has 0 saturated heterocycles. The van der Waals surface area contributed by atoms with Crippen molar-refractivity contribution in [2.24, 2.45) is 0 Å². The summed E-state index contributed by atoms with van der Waals surface area (Å²) >= 11 is -0.556. The molecule has 0 aliphatic carbocycles. The summed E-state index contributed by atoms with van der Waals surface area (Å²) in [5.41, 5.74) is 14.7. The molecule has 3 heteroatoms. The molecule has 2 rings (SSSR count). The third kappa shape index (κ3) is 5.50. The van der Waals surface area contributed by atoms with Crippen molar-refractivity contribution < 1.29 is 17.0 Å². The van der Waals surface area contributed by atoms with Crippen molar-refractivity contribution in [2.45, 2.75) is 69.2 Å². The Labute approximate surface area is 160 Å². The van der Waals surface area contributed by atoms with E-state index in [4.69, 9.17) is 18.6 Å². The SMILES string of the molecule is C[c-]1[c-](C)[c-](C)[c-](C)[c-]1C.Cc1c(C)c(C)[c-](C)c1C.[Cl][Ti][Cl]. The Balaban J connectivity index is 0.000000360. The molecule has 0 N–H and O–H groups in total. The van der Waals surface area contributed by atoms with Gasteiger partial charge in [0.05, 0.1) is 0 Å². The van der Waals surface area contributed by atoms with Crippen LogP contribution in [0.2, 0.25) is 0 Å². The Morgan fingerprint density at radius 1 is 0.565 bits per heavy atom. The summed E-state index contributed by atoms with van der Waals surface area (Å²) in [4.78, 5) is 0. The first-order chi connectivity index (χ1) is 10.5. The Morgan fingerprint density at radius 3 is 0.826 bits per heavy atom. The minimum atomic E-state index is -0.556. The summed E-state index contributed by atoms with van der Waals surface area (Å²) in [5.74, 6) is 0. The molecule has 2 aromatic rings. The summed E-state index contributed by atoms with van der Waals surface area (Å²) in [6.45, 7) is 22.0. The Bertz CT molecular complexity index is 429. The summed E-state index contributed by atoms with van der Waals surface area (Å²) in [5, 5.41) is 0. The first-order valence-corrected chi connectivity index (χ1v) is 12.2. The van der Waals surface area contributed by atoms with Crippen LogP contribution in [0, 0.1) is 69.2 Å². The monoisotopic (exact) mass is 388 g/mol. The predicted molar refractivity (Wildman–Crippen MR) is 103 cm³/mol. The normalized spacial score (nSPS) is 9.74. The Hall–Kier alpha value is -0.00571. The Kier molecular flexibility index (Phi) is 10.1. The van der Waals surface area contributed by atoms with Crippen LogP contribution in [0.3, 0.4) is 0 Å². The van der Waals surface area contributed by atoms with E-state index in [9.17, 15) is 0 Å². The van der Waals surface area contributed by atoms with Crippen LogP contribution in [0.15, 0.2) is 0 Å². The van der Waals surface area contributed by atoms with Crippen molar-refractivity contribution in [1.82, 2.24) is 0 Å². The molecule has 23 heavy (non-hydrogen) atoms. The number of hydrogen-bond acceptors (Lipinski definition) is 0. The second-order valence-corrected chi connectivity index (χ2v) is 8.90. The minimum absolute atomic E-state index is 0.556. The van der Waals surface area contributed by atoms with Gasteiger partial charge in [-0.25, -0.2) is 34.6 Å². The van der Waals surface area contributed by atoms with Gasteiger partial charge in [-0.15, -0.1) is 0 Å². The number of rotatable bonds is 0. The van der Waals surface area contributed by atoms with E-state index < -0.39 is 17.0 Å². The van der Waals surface area contributed by atoms with Gasteiger partial charge in [0.2, 0.25) is 0 Å². The van der Waals surface area contributed by atoms with Gasteiger partial charge in [0.15, 0.2) is 0 Å². The van der Waals surface area contributed by atoms with Crippen LogP contribution in [0.1, 0.15) is 55.6 Å². The van der Waals surface area contributed by atoms with E-state index in [0.29, 0.717) is 0 Å². The molecule has 0 aliphatic rings. The van der Waals surface area contributed by atoms with Gasteiger partial charge in [-0.1, -0.05) is 34.6 Å². The molecule has 0 radical (unpaired) electrons. The van der Waals surface area contributed by atoms with Crippen molar-refractivity contribution in [2.75, 3.05) is 0 Å². The number of hydrogen-bond donors (Lipinski definition) is 0. The molecule has 0 unspecified atom stereocenters. The average molecular weight is 389 g/mol. The van der Waals surface area contributed by atoms with Crippen molar-refractivity contribution in [1.29, 1.82) is 0 Å². The molecule has 0 aromatic heterocycles. The molecule has 134 valence electrons. The van der Waals surface area contributed by atoms with Gasteiger partial charge < -0.3 is 27.8 Å². The van der Waals surface area contributed by atoms with Gasteiger partial charge in [0.25, 0.3) is 0 Å². The first-order valence-electron chi connectivity index (χ1n) is 7.88. The van der Waals surface area contributed by atoms with Gasteiger partial charge in [0.1, 0.15) is 0 Å². The topological polar surface area (TPSA) is 0 Å². The number of halogens is 2. The third-order valence-corrected chi connectivity index (χ3v) is 5.62. The van der Waals surface area contributed by atoms with Crippen LogP contribution >= 0.6 is 18.6 Å². The average Bonchev–Trinajstić information content (AvgIpc) is 2.80. The van der Waals surface area contributed by atoms with Gasteiger partial charge in [-0.2, -0.15) is 27.8 Å². The van der Waals surface area contributed by atoms with E-state index in [1.165, 1.54) is 55.6 Å². The molecule has 0 spiro atoms. The third-order valence-electron chi connectivity index (χ3n) is 5.62.